The van der Waals surface area contributed by atoms with E-state index in [1.165, 1.54) is 46.3 Å². The highest BCUT2D eigenvalue weighted by Gasteiger charge is 2.50. The lowest BCUT2D eigenvalue weighted by atomic mass is 9.78. The van der Waals surface area contributed by atoms with Crippen LogP contribution in [0.4, 0.5) is 11.4 Å². The summed E-state index contributed by atoms with van der Waals surface area (Å²) in [5, 5.41) is 61.6. The minimum Gasteiger partial charge on any atom is -0.507 e. The second-order valence-corrected chi connectivity index (χ2v) is 17.3. The van der Waals surface area contributed by atoms with Crippen LogP contribution < -0.4 is 15.0 Å². The maximum absolute atomic E-state index is 14.6. The van der Waals surface area contributed by atoms with Crippen LogP contribution in [-0.2, 0) is 30.3 Å². The fraction of sp³-hybridized carbons (Fsp3) is 0.479. The van der Waals surface area contributed by atoms with Gasteiger partial charge in [0.2, 0.25) is 0 Å². The molecule has 0 saturated carbocycles. The van der Waals surface area contributed by atoms with Crippen molar-refractivity contribution in [3.05, 3.63) is 83.2 Å². The number of hydrogen-bond acceptors (Lipinski definition) is 14. The molecule has 6 N–H and O–H groups in total. The Hall–Kier alpha value is -5.61. The Bertz CT molecular complexity index is 2300. The summed E-state index contributed by atoms with van der Waals surface area (Å²) in [5.74, 6) is -8.03. The third-order valence-corrected chi connectivity index (χ3v) is 12.9. The summed E-state index contributed by atoms with van der Waals surface area (Å²) in [5.41, 5.74) is 1.16. The predicted molar refractivity (Wildman–Crippen MR) is 238 cm³/mol. The van der Waals surface area contributed by atoms with Gasteiger partial charge in [0.15, 0.2) is 5.75 Å². The van der Waals surface area contributed by atoms with Gasteiger partial charge in [-0.1, -0.05) is 76.3 Å². The molecule has 0 radical (unpaired) electrons. The molecule has 7 rings (SSSR count). The molecule has 9 atom stereocenters. The monoisotopic (exact) mass is 871 g/mol. The minimum atomic E-state index is -2.03. The number of phenols is 3. The average molecular weight is 872 g/mol. The fourth-order valence-corrected chi connectivity index (χ4v) is 8.99. The summed E-state index contributed by atoms with van der Waals surface area (Å²) in [7, 11) is 1.45. The van der Waals surface area contributed by atoms with Crippen molar-refractivity contribution >= 4 is 39.8 Å². The quantitative estimate of drug-likeness (QED) is 0.0977. The van der Waals surface area contributed by atoms with Crippen LogP contribution in [0, 0.1) is 30.6 Å². The van der Waals surface area contributed by atoms with Gasteiger partial charge in [-0.15, -0.1) is 0 Å². The highest BCUT2D eigenvalue weighted by Crippen LogP contribution is 2.57. The van der Waals surface area contributed by atoms with Crippen LogP contribution in [0.2, 0.25) is 0 Å². The van der Waals surface area contributed by atoms with Crippen LogP contribution in [0.3, 0.4) is 0 Å². The van der Waals surface area contributed by atoms with Gasteiger partial charge in [0.05, 0.1) is 35.5 Å². The number of benzene rings is 3. The number of aliphatic hydroxyl groups is 2. The largest absolute Gasteiger partial charge is 0.507 e. The molecule has 0 aromatic heterocycles. The molecule has 4 aliphatic heterocycles. The molecule has 5 bridgehead atoms. The van der Waals surface area contributed by atoms with Crippen LogP contribution in [-0.4, -0.2) is 112 Å². The summed E-state index contributed by atoms with van der Waals surface area (Å²) in [6.07, 6.45) is 3.70. The number of rotatable bonds is 5. The van der Waals surface area contributed by atoms with Gasteiger partial charge in [0.25, 0.3) is 11.7 Å². The maximum atomic E-state index is 14.6. The zero-order valence-corrected chi connectivity index (χ0v) is 37.4. The maximum Gasteiger partial charge on any atom is 0.312 e. The van der Waals surface area contributed by atoms with Crippen molar-refractivity contribution in [2.24, 2.45) is 23.7 Å². The molecule has 0 aliphatic carbocycles. The number of methoxy groups -OCH3 is 1. The first-order chi connectivity index (χ1) is 29.8. The Labute approximate surface area is 368 Å². The minimum absolute atomic E-state index is 0.0518. The Balaban J connectivity index is 1.49. The molecule has 9 unspecified atom stereocenters. The van der Waals surface area contributed by atoms with Crippen molar-refractivity contribution in [2.45, 2.75) is 92.1 Å². The molecule has 15 nitrogen and oxygen atoms in total. The number of carbonyl (C=O) groups excluding carboxylic acids is 3. The van der Waals surface area contributed by atoms with Crippen LogP contribution in [0.1, 0.15) is 70.0 Å². The molecule has 4 aliphatic rings. The second-order valence-electron chi connectivity index (χ2n) is 17.3. The first-order valence-corrected chi connectivity index (χ1v) is 21.4. The summed E-state index contributed by atoms with van der Waals surface area (Å²) < 4.78 is 23.8. The van der Waals surface area contributed by atoms with E-state index in [0.29, 0.717) is 32.7 Å². The fourth-order valence-electron chi connectivity index (χ4n) is 8.99. The first-order valence-electron chi connectivity index (χ1n) is 21.4. The molecule has 3 aromatic rings. The summed E-state index contributed by atoms with van der Waals surface area (Å²) in [4.78, 5) is 45.0. The molecule has 0 spiro atoms. The van der Waals surface area contributed by atoms with Crippen molar-refractivity contribution in [1.29, 1.82) is 0 Å². The topological polar surface area (TPSA) is 208 Å². The molecule has 15 heteroatoms. The number of anilines is 2. The molecular formula is C48H61N3O12. The third-order valence-electron chi connectivity index (χ3n) is 12.9. The van der Waals surface area contributed by atoms with Crippen molar-refractivity contribution in [1.82, 2.24) is 4.90 Å². The molecule has 4 heterocycles. The number of nitrogens with zero attached hydrogens (tertiary/aromatic N) is 2. The number of amides is 1. The molecule has 1 amide bonds. The van der Waals surface area contributed by atoms with E-state index in [9.17, 15) is 39.9 Å². The highest BCUT2D eigenvalue weighted by molar-refractivity contribution is 6.23. The molecule has 3 aromatic carbocycles. The van der Waals surface area contributed by atoms with Gasteiger partial charge in [-0.2, -0.15) is 0 Å². The molecule has 340 valence electrons. The lowest BCUT2D eigenvalue weighted by molar-refractivity contribution is -0.160. The number of allylic oxidation sites excluding steroid dienone is 2. The van der Waals surface area contributed by atoms with Gasteiger partial charge in [0, 0.05) is 93.9 Å². The van der Waals surface area contributed by atoms with Crippen molar-refractivity contribution in [3.63, 3.8) is 0 Å². The van der Waals surface area contributed by atoms with E-state index in [4.69, 9.17) is 18.9 Å². The Morgan fingerprint density at radius 1 is 0.889 bits per heavy atom. The lowest BCUT2D eigenvalue weighted by Gasteiger charge is -2.38. The molecular weight excluding hydrogens is 811 g/mol. The number of carbonyl (C=O) groups is 3. The van der Waals surface area contributed by atoms with E-state index < -0.39 is 88.8 Å². The zero-order valence-electron chi connectivity index (χ0n) is 37.4. The Morgan fingerprint density at radius 3 is 2.19 bits per heavy atom. The Kier molecular flexibility index (Phi) is 14.1. The standard InChI is InChI=1S/C48H61N3O12/c1-25-14-13-15-26(2)47(59)49-37-38(51-21-19-50(20-22-51)24-32-16-11-10-12-17-32)43(57)34-35(42(37)56)41(55)30(6)45-36(34)46(58)48(8,63-45)61-23-18-33(60-9)27(3)44(62-31(7)52)29(5)40(54)28(4)39(25)53/h10-18,23,25,27-29,33,39-40,44,53-57H,19-22,24H2,1-9H3,(H,49,59)/b14-13+,23-18+,26-15-. The number of hydrogen-bond donors (Lipinski definition) is 6. The molecule has 63 heavy (non-hydrogen) atoms. The van der Waals surface area contributed by atoms with E-state index >= 15 is 0 Å². The number of ether oxygens (including phenoxy) is 4. The number of aliphatic hydroxyl groups excluding tert-OH is 2. The van der Waals surface area contributed by atoms with Crippen LogP contribution in [0.5, 0.6) is 23.0 Å². The summed E-state index contributed by atoms with van der Waals surface area (Å²) in [6, 6.07) is 10.00. The van der Waals surface area contributed by atoms with Crippen LogP contribution in [0.25, 0.3) is 10.8 Å². The summed E-state index contributed by atoms with van der Waals surface area (Å²) >= 11 is 0. The first kappa shape index (κ1) is 46.9. The van der Waals surface area contributed by atoms with Gasteiger partial charge in [-0.05, 0) is 25.5 Å². The third kappa shape index (κ3) is 9.24. The van der Waals surface area contributed by atoms with Gasteiger partial charge in [0.1, 0.15) is 34.7 Å². The van der Waals surface area contributed by atoms with E-state index in [0.717, 1.165) is 5.56 Å². The average Bonchev–Trinajstić information content (AvgIpc) is 3.52. The van der Waals surface area contributed by atoms with Crippen LogP contribution >= 0.6 is 0 Å². The summed E-state index contributed by atoms with van der Waals surface area (Å²) in [6.45, 7) is 15.2. The van der Waals surface area contributed by atoms with Crippen LogP contribution in [0.15, 0.2) is 66.5 Å². The van der Waals surface area contributed by atoms with Gasteiger partial charge < -0.3 is 54.7 Å². The number of nitrogens with one attached hydrogen (secondary N) is 1. The van der Waals surface area contributed by atoms with Gasteiger partial charge >= 0.3 is 11.8 Å². The number of aromatic hydroxyl groups is 3. The highest BCUT2D eigenvalue weighted by atomic mass is 16.7. The van der Waals surface area contributed by atoms with Gasteiger partial charge in [-0.25, -0.2) is 0 Å². The zero-order chi connectivity index (χ0) is 46.1. The van der Waals surface area contributed by atoms with E-state index in [1.807, 2.05) is 35.2 Å². The van der Waals surface area contributed by atoms with E-state index in [2.05, 4.69) is 10.2 Å². The SMILES string of the molecule is COC1/C=C/OC2(C)Oc3c(C)c(O)c4c(O)c(c(N5CCN(Cc6ccccc6)CC5)c(O)c4c3C2=O)NC(=O)/C(C)=C\C=C\C(C)C(O)C(C)C(O)C(C)C(OC(C)=O)C1C. The molecule has 1 saturated heterocycles. The normalized spacial score (nSPS) is 30.6. The van der Waals surface area contributed by atoms with Crippen molar-refractivity contribution in [2.75, 3.05) is 43.5 Å². The van der Waals surface area contributed by atoms with Crippen molar-refractivity contribution < 1.29 is 58.9 Å². The Morgan fingerprint density at radius 2 is 1.56 bits per heavy atom. The number of esters is 1. The van der Waals surface area contributed by atoms with Crippen molar-refractivity contribution in [3.8, 4) is 23.0 Å². The van der Waals surface area contributed by atoms with E-state index in [-0.39, 0.29) is 44.6 Å². The number of phenolic OH excluding ortho intramolecular Hbond substituents is 3. The van der Waals surface area contributed by atoms with E-state index in [1.54, 1.807) is 46.8 Å². The number of fused-ring (bicyclic) bond motifs is 14. The number of Topliss-reactive ketones (excluding diaryl/α,β-unsaturated/α-hetero) is 1. The second kappa shape index (κ2) is 19.0. The van der Waals surface area contributed by atoms with Gasteiger partial charge in [-0.3, -0.25) is 19.3 Å². The molecule has 1 fully saturated rings. The smallest absolute Gasteiger partial charge is 0.312 e. The number of ketones is 1. The predicted octanol–water partition coefficient (Wildman–Crippen LogP) is 6.08. The lowest BCUT2D eigenvalue weighted by Crippen LogP contribution is -2.46. The number of piperazine rings is 1.